The highest BCUT2D eigenvalue weighted by Gasteiger charge is 2.06. The number of hydrogen-bond donors (Lipinski definition) is 0. The average molecular weight is 228 g/mol. The first-order valence-corrected chi connectivity index (χ1v) is 4.23. The maximum atomic E-state index is 5.34. The Labute approximate surface area is 77.5 Å². The molecule has 0 unspecified atom stereocenters. The van der Waals surface area contributed by atoms with Crippen molar-refractivity contribution in [3.05, 3.63) is 29.0 Å². The van der Waals surface area contributed by atoms with Crippen LogP contribution in [0.15, 0.2) is 32.0 Å². The van der Waals surface area contributed by atoms with Crippen LogP contribution in [0.5, 0.6) is 0 Å². The molecule has 2 aromatic rings. The van der Waals surface area contributed by atoms with Gasteiger partial charge in [0.15, 0.2) is 5.76 Å². The Balaban J connectivity index is 2.43. The van der Waals surface area contributed by atoms with Crippen LogP contribution in [0, 0.1) is 6.92 Å². The second-order valence-electron chi connectivity index (χ2n) is 2.40. The maximum absolute atomic E-state index is 5.34. The van der Waals surface area contributed by atoms with Crippen molar-refractivity contribution in [1.82, 2.24) is 4.98 Å². The summed E-state index contributed by atoms with van der Waals surface area (Å²) in [6, 6.07) is 3.75. The van der Waals surface area contributed by atoms with E-state index in [9.17, 15) is 0 Å². The van der Waals surface area contributed by atoms with E-state index < -0.39 is 0 Å². The Morgan fingerprint density at radius 1 is 1.42 bits per heavy atom. The molecule has 2 heterocycles. The number of aromatic nitrogens is 1. The van der Waals surface area contributed by atoms with Gasteiger partial charge in [0.1, 0.15) is 17.7 Å². The van der Waals surface area contributed by atoms with E-state index >= 15 is 0 Å². The van der Waals surface area contributed by atoms with Gasteiger partial charge in [-0.15, -0.1) is 0 Å². The fraction of sp³-hybridized carbons (Fsp3) is 0.125. The number of aryl methyl sites for hydroxylation is 1. The van der Waals surface area contributed by atoms with Crippen molar-refractivity contribution in [2.24, 2.45) is 0 Å². The third-order valence-electron chi connectivity index (χ3n) is 1.47. The van der Waals surface area contributed by atoms with Gasteiger partial charge < -0.3 is 8.83 Å². The Kier molecular flexibility index (Phi) is 1.77. The molecule has 62 valence electrons. The van der Waals surface area contributed by atoms with E-state index in [0.717, 1.165) is 11.5 Å². The van der Waals surface area contributed by atoms with Gasteiger partial charge in [0.2, 0.25) is 0 Å². The van der Waals surface area contributed by atoms with Crippen molar-refractivity contribution < 1.29 is 8.83 Å². The first-order valence-electron chi connectivity index (χ1n) is 3.43. The second-order valence-corrected chi connectivity index (χ2v) is 3.07. The Morgan fingerprint density at radius 2 is 2.25 bits per heavy atom. The fourth-order valence-electron chi connectivity index (χ4n) is 0.937. The molecule has 0 saturated heterocycles. The smallest absolute Gasteiger partial charge is 0.264 e. The number of hydrogen-bond acceptors (Lipinski definition) is 3. The molecule has 0 aliphatic carbocycles. The molecule has 12 heavy (non-hydrogen) atoms. The molecule has 0 N–H and O–H groups in total. The summed E-state index contributed by atoms with van der Waals surface area (Å²) in [4.78, 5) is 4.51. The predicted molar refractivity (Wildman–Crippen MR) is 46.6 cm³/mol. The van der Waals surface area contributed by atoms with Crippen LogP contribution >= 0.6 is 15.9 Å². The zero-order chi connectivity index (χ0) is 8.55. The Morgan fingerprint density at radius 3 is 2.75 bits per heavy atom. The Hall–Kier alpha value is -1.03. The summed E-state index contributed by atoms with van der Waals surface area (Å²) < 4.78 is 10.3. The van der Waals surface area contributed by atoms with Crippen molar-refractivity contribution in [1.29, 1.82) is 0 Å². The number of oxazole rings is 1. The highest BCUT2D eigenvalue weighted by atomic mass is 79.9. The quantitative estimate of drug-likeness (QED) is 0.752. The molecule has 0 amide bonds. The molecular formula is C8H6BrNO2. The molecule has 0 aliphatic rings. The fourth-order valence-corrected chi connectivity index (χ4v) is 1.22. The minimum absolute atomic E-state index is 0.464. The molecular weight excluding hydrogens is 222 g/mol. The zero-order valence-corrected chi connectivity index (χ0v) is 7.96. The lowest BCUT2D eigenvalue weighted by molar-refractivity contribution is 0.527. The van der Waals surface area contributed by atoms with E-state index in [4.69, 9.17) is 8.83 Å². The largest absolute Gasteiger partial charge is 0.460 e. The molecule has 3 nitrogen and oxygen atoms in total. The van der Waals surface area contributed by atoms with Crippen LogP contribution in [0.1, 0.15) is 5.76 Å². The van der Waals surface area contributed by atoms with E-state index in [-0.39, 0.29) is 0 Å². The van der Waals surface area contributed by atoms with Gasteiger partial charge in [-0.1, -0.05) is 0 Å². The van der Waals surface area contributed by atoms with E-state index in [0.29, 0.717) is 10.5 Å². The third-order valence-corrected chi connectivity index (χ3v) is 1.83. The number of rotatable bonds is 1. The monoisotopic (exact) mass is 227 g/mol. The maximum Gasteiger partial charge on any atom is 0.264 e. The lowest BCUT2D eigenvalue weighted by Crippen LogP contribution is -1.70. The zero-order valence-electron chi connectivity index (χ0n) is 6.37. The molecule has 0 spiro atoms. The summed E-state index contributed by atoms with van der Waals surface area (Å²) in [5.41, 5.74) is 0.704. The molecule has 0 fully saturated rings. The second kappa shape index (κ2) is 2.79. The van der Waals surface area contributed by atoms with Crippen molar-refractivity contribution in [2.45, 2.75) is 6.92 Å². The predicted octanol–water partition coefficient (Wildman–Crippen LogP) is 3.01. The van der Waals surface area contributed by atoms with Gasteiger partial charge >= 0.3 is 0 Å². The first-order chi connectivity index (χ1) is 5.75. The van der Waals surface area contributed by atoms with E-state index in [1.54, 1.807) is 6.26 Å². The summed E-state index contributed by atoms with van der Waals surface area (Å²) in [5, 5.41) is 0. The van der Waals surface area contributed by atoms with Gasteiger partial charge in [-0.2, -0.15) is 4.98 Å². The van der Waals surface area contributed by atoms with Crippen molar-refractivity contribution in [3.8, 4) is 11.5 Å². The normalized spacial score (nSPS) is 10.5. The van der Waals surface area contributed by atoms with Crippen LogP contribution in [0.2, 0.25) is 0 Å². The molecule has 0 bridgehead atoms. The van der Waals surface area contributed by atoms with Crippen molar-refractivity contribution in [2.75, 3.05) is 0 Å². The van der Waals surface area contributed by atoms with Gasteiger partial charge in [-0.3, -0.25) is 0 Å². The van der Waals surface area contributed by atoms with Gasteiger partial charge in [-0.05, 0) is 19.1 Å². The van der Waals surface area contributed by atoms with Crippen LogP contribution in [-0.4, -0.2) is 4.98 Å². The van der Waals surface area contributed by atoms with Crippen LogP contribution in [0.3, 0.4) is 0 Å². The van der Waals surface area contributed by atoms with Crippen molar-refractivity contribution in [3.63, 3.8) is 0 Å². The molecule has 2 aromatic heterocycles. The number of nitrogens with zero attached hydrogens (tertiary/aromatic N) is 1. The summed E-state index contributed by atoms with van der Waals surface area (Å²) in [6.07, 6.45) is 1.54. The molecule has 0 saturated carbocycles. The van der Waals surface area contributed by atoms with Crippen LogP contribution in [0.4, 0.5) is 0 Å². The first kappa shape index (κ1) is 7.61. The molecule has 4 heteroatoms. The minimum Gasteiger partial charge on any atom is -0.460 e. The average Bonchev–Trinajstić information content (AvgIpc) is 2.58. The molecule has 0 aliphatic heterocycles. The number of furan rings is 1. The SMILES string of the molecule is Cc1ccc(-c2coc(Br)n2)o1. The highest BCUT2D eigenvalue weighted by Crippen LogP contribution is 2.22. The molecule has 0 radical (unpaired) electrons. The number of halogens is 1. The topological polar surface area (TPSA) is 39.2 Å². The van der Waals surface area contributed by atoms with Crippen LogP contribution < -0.4 is 0 Å². The molecule has 0 aromatic carbocycles. The van der Waals surface area contributed by atoms with Gasteiger partial charge in [-0.25, -0.2) is 0 Å². The minimum atomic E-state index is 0.464. The third kappa shape index (κ3) is 1.30. The summed E-state index contributed by atoms with van der Waals surface area (Å²) in [7, 11) is 0. The molecule has 2 rings (SSSR count). The van der Waals surface area contributed by atoms with Crippen molar-refractivity contribution >= 4 is 15.9 Å². The molecule has 0 atom stereocenters. The standard InChI is InChI=1S/C8H6BrNO2/c1-5-2-3-7(12-5)6-4-11-8(9)10-6/h2-4H,1H3. The van der Waals surface area contributed by atoms with E-state index in [1.165, 1.54) is 0 Å². The van der Waals surface area contributed by atoms with Gasteiger partial charge in [0.25, 0.3) is 4.80 Å². The highest BCUT2D eigenvalue weighted by molar-refractivity contribution is 9.10. The summed E-state index contributed by atoms with van der Waals surface area (Å²) in [6.45, 7) is 1.89. The van der Waals surface area contributed by atoms with Crippen LogP contribution in [0.25, 0.3) is 11.5 Å². The van der Waals surface area contributed by atoms with Gasteiger partial charge in [0, 0.05) is 15.9 Å². The summed E-state index contributed by atoms with van der Waals surface area (Å²) >= 11 is 3.12. The van der Waals surface area contributed by atoms with Gasteiger partial charge in [0.05, 0.1) is 0 Å². The van der Waals surface area contributed by atoms with E-state index in [2.05, 4.69) is 20.9 Å². The van der Waals surface area contributed by atoms with Crippen LogP contribution in [-0.2, 0) is 0 Å². The Bertz CT molecular complexity index is 353. The lowest BCUT2D eigenvalue weighted by atomic mass is 10.4. The summed E-state index contributed by atoms with van der Waals surface area (Å²) in [5.74, 6) is 1.59. The lowest BCUT2D eigenvalue weighted by Gasteiger charge is -1.85. The van der Waals surface area contributed by atoms with E-state index in [1.807, 2.05) is 19.1 Å².